The molecule has 0 aliphatic heterocycles. The van der Waals surface area contributed by atoms with E-state index in [-0.39, 0.29) is 5.91 Å². The Morgan fingerprint density at radius 3 is 2.22 bits per heavy atom. The molecule has 1 N–H and O–H groups in total. The van der Waals surface area contributed by atoms with Gasteiger partial charge in [-0.3, -0.25) is 4.79 Å². The number of likely N-dealkylation sites (N-methyl/N-ethyl adjacent to an activating group) is 1. The number of rotatable bonds is 5. The maximum absolute atomic E-state index is 11.5. The summed E-state index contributed by atoms with van der Waals surface area (Å²) in [5.74, 6) is -0.660. The van der Waals surface area contributed by atoms with Gasteiger partial charge in [0.05, 0.1) is 7.11 Å². The molecule has 0 saturated carbocycles. The van der Waals surface area contributed by atoms with Crippen LogP contribution < -0.4 is 4.74 Å². The first-order chi connectivity index (χ1) is 8.51. The van der Waals surface area contributed by atoms with Gasteiger partial charge in [0.15, 0.2) is 6.04 Å². The lowest BCUT2D eigenvalue weighted by molar-refractivity contribution is -0.149. The Bertz CT molecular complexity index is 427. The molecule has 0 aliphatic carbocycles. The van der Waals surface area contributed by atoms with Crippen LogP contribution in [0.15, 0.2) is 24.3 Å². The summed E-state index contributed by atoms with van der Waals surface area (Å²) < 4.78 is 5.02. The van der Waals surface area contributed by atoms with Crippen LogP contribution in [0.4, 0.5) is 0 Å². The largest absolute Gasteiger partial charge is 0.497 e. The topological polar surface area (TPSA) is 66.8 Å². The van der Waals surface area contributed by atoms with Crippen LogP contribution in [-0.2, 0) is 9.59 Å². The van der Waals surface area contributed by atoms with Gasteiger partial charge < -0.3 is 14.7 Å². The van der Waals surface area contributed by atoms with Gasteiger partial charge in [-0.15, -0.1) is 0 Å². The molecule has 1 rings (SSSR count). The molecule has 18 heavy (non-hydrogen) atoms. The Balaban J connectivity index is 3.10. The smallest absolute Gasteiger partial charge is 0.331 e. The number of carbonyl (C=O) groups is 2. The predicted molar refractivity (Wildman–Crippen MR) is 66.4 cm³/mol. The lowest BCUT2D eigenvalue weighted by Gasteiger charge is -2.27. The highest BCUT2D eigenvalue weighted by Crippen LogP contribution is 2.23. The third-order valence-corrected chi connectivity index (χ3v) is 2.72. The molecule has 1 amide bonds. The van der Waals surface area contributed by atoms with Crippen LogP contribution in [0.2, 0.25) is 0 Å². The van der Waals surface area contributed by atoms with Crippen molar-refractivity contribution in [3.63, 3.8) is 0 Å². The third kappa shape index (κ3) is 3.00. The SMILES string of the molecule is CCN(C(C)=O)C(C(=O)O)c1ccc(OC)cc1. The second-order valence-corrected chi connectivity index (χ2v) is 3.82. The van der Waals surface area contributed by atoms with Gasteiger partial charge in [0.2, 0.25) is 5.91 Å². The lowest BCUT2D eigenvalue weighted by atomic mass is 10.1. The Morgan fingerprint density at radius 2 is 1.89 bits per heavy atom. The Labute approximate surface area is 106 Å². The lowest BCUT2D eigenvalue weighted by Crippen LogP contribution is -2.37. The molecule has 5 heteroatoms. The van der Waals surface area contributed by atoms with Crippen LogP contribution in [0.3, 0.4) is 0 Å². The molecule has 0 heterocycles. The minimum absolute atomic E-state index is 0.263. The van der Waals surface area contributed by atoms with E-state index in [1.807, 2.05) is 0 Å². The second-order valence-electron chi connectivity index (χ2n) is 3.82. The first kappa shape index (κ1) is 14.0. The van der Waals surface area contributed by atoms with Crippen molar-refractivity contribution in [2.75, 3.05) is 13.7 Å². The normalized spacial score (nSPS) is 11.7. The Morgan fingerprint density at radius 1 is 1.33 bits per heavy atom. The highest BCUT2D eigenvalue weighted by molar-refractivity contribution is 5.83. The molecule has 0 fully saturated rings. The zero-order valence-electron chi connectivity index (χ0n) is 10.7. The summed E-state index contributed by atoms with van der Waals surface area (Å²) in [6, 6.07) is 5.71. The second kappa shape index (κ2) is 6.05. The zero-order valence-corrected chi connectivity index (χ0v) is 10.7. The van der Waals surface area contributed by atoms with Crippen LogP contribution in [-0.4, -0.2) is 35.5 Å². The van der Waals surface area contributed by atoms with Crippen LogP contribution >= 0.6 is 0 Å². The molecular weight excluding hydrogens is 234 g/mol. The standard InChI is InChI=1S/C13H17NO4/c1-4-14(9(2)15)12(13(16)17)10-5-7-11(18-3)8-6-10/h5-8,12H,4H2,1-3H3,(H,16,17). The first-order valence-corrected chi connectivity index (χ1v) is 5.65. The molecule has 1 aromatic carbocycles. The number of nitrogens with zero attached hydrogens (tertiary/aromatic N) is 1. The Kier molecular flexibility index (Phi) is 4.71. The molecular formula is C13H17NO4. The molecule has 0 bridgehead atoms. The van der Waals surface area contributed by atoms with Crippen molar-refractivity contribution in [2.45, 2.75) is 19.9 Å². The van der Waals surface area contributed by atoms with E-state index < -0.39 is 12.0 Å². The summed E-state index contributed by atoms with van der Waals surface area (Å²) in [5, 5.41) is 9.28. The van der Waals surface area contributed by atoms with Gasteiger partial charge in [0, 0.05) is 13.5 Å². The van der Waals surface area contributed by atoms with E-state index in [2.05, 4.69) is 0 Å². The van der Waals surface area contributed by atoms with Gasteiger partial charge in [-0.2, -0.15) is 0 Å². The fourth-order valence-electron chi connectivity index (χ4n) is 1.83. The van der Waals surface area contributed by atoms with Gasteiger partial charge in [-0.25, -0.2) is 4.79 Å². The molecule has 0 radical (unpaired) electrons. The van der Waals surface area contributed by atoms with Crippen molar-refractivity contribution < 1.29 is 19.4 Å². The van der Waals surface area contributed by atoms with E-state index in [0.717, 1.165) is 0 Å². The van der Waals surface area contributed by atoms with Crippen LogP contribution in [0.5, 0.6) is 5.75 Å². The number of aliphatic carboxylic acids is 1. The van der Waals surface area contributed by atoms with Crippen LogP contribution in [0.25, 0.3) is 0 Å². The van der Waals surface area contributed by atoms with Crippen molar-refractivity contribution in [3.8, 4) is 5.75 Å². The van der Waals surface area contributed by atoms with E-state index in [1.54, 1.807) is 31.2 Å². The average molecular weight is 251 g/mol. The number of benzene rings is 1. The molecule has 1 aromatic rings. The fraction of sp³-hybridized carbons (Fsp3) is 0.385. The molecule has 5 nitrogen and oxygen atoms in total. The third-order valence-electron chi connectivity index (χ3n) is 2.72. The summed E-state index contributed by atoms with van der Waals surface area (Å²) in [4.78, 5) is 24.1. The molecule has 0 spiro atoms. The highest BCUT2D eigenvalue weighted by Gasteiger charge is 2.28. The first-order valence-electron chi connectivity index (χ1n) is 5.65. The Hall–Kier alpha value is -2.04. The van der Waals surface area contributed by atoms with Crippen molar-refractivity contribution in [1.29, 1.82) is 0 Å². The predicted octanol–water partition coefficient (Wildman–Crippen LogP) is 1.69. The molecule has 0 saturated heterocycles. The van der Waals surface area contributed by atoms with Gasteiger partial charge >= 0.3 is 5.97 Å². The molecule has 1 unspecified atom stereocenters. The van der Waals surface area contributed by atoms with Gasteiger partial charge in [-0.1, -0.05) is 12.1 Å². The van der Waals surface area contributed by atoms with Gasteiger partial charge in [-0.05, 0) is 24.6 Å². The van der Waals surface area contributed by atoms with E-state index in [0.29, 0.717) is 17.9 Å². The number of carboxylic acid groups (broad SMARTS) is 1. The molecule has 0 aliphatic rings. The fourth-order valence-corrected chi connectivity index (χ4v) is 1.83. The van der Waals surface area contributed by atoms with Crippen molar-refractivity contribution in [3.05, 3.63) is 29.8 Å². The number of ether oxygens (including phenoxy) is 1. The van der Waals surface area contributed by atoms with Gasteiger partial charge in [0.1, 0.15) is 5.75 Å². The van der Waals surface area contributed by atoms with E-state index in [1.165, 1.54) is 18.9 Å². The van der Waals surface area contributed by atoms with E-state index in [9.17, 15) is 14.7 Å². The maximum Gasteiger partial charge on any atom is 0.331 e. The minimum Gasteiger partial charge on any atom is -0.497 e. The molecule has 0 aromatic heterocycles. The highest BCUT2D eigenvalue weighted by atomic mass is 16.5. The number of hydrogen-bond donors (Lipinski definition) is 1. The number of carbonyl (C=O) groups excluding carboxylic acids is 1. The van der Waals surface area contributed by atoms with Crippen molar-refractivity contribution in [2.24, 2.45) is 0 Å². The zero-order chi connectivity index (χ0) is 13.7. The number of carboxylic acids is 1. The van der Waals surface area contributed by atoms with Crippen LogP contribution in [0.1, 0.15) is 25.5 Å². The van der Waals surface area contributed by atoms with E-state index in [4.69, 9.17) is 4.74 Å². The number of methoxy groups -OCH3 is 1. The maximum atomic E-state index is 11.5. The summed E-state index contributed by atoms with van der Waals surface area (Å²) >= 11 is 0. The monoisotopic (exact) mass is 251 g/mol. The summed E-state index contributed by atoms with van der Waals surface area (Å²) in [6.07, 6.45) is 0. The number of hydrogen-bond acceptors (Lipinski definition) is 3. The summed E-state index contributed by atoms with van der Waals surface area (Å²) in [5.41, 5.74) is 0.556. The number of amides is 1. The van der Waals surface area contributed by atoms with Gasteiger partial charge in [0.25, 0.3) is 0 Å². The minimum atomic E-state index is -1.04. The molecule has 1 atom stereocenters. The average Bonchev–Trinajstić information content (AvgIpc) is 2.35. The molecule has 98 valence electrons. The van der Waals surface area contributed by atoms with Crippen molar-refractivity contribution in [1.82, 2.24) is 4.90 Å². The summed E-state index contributed by atoms with van der Waals surface area (Å²) in [6.45, 7) is 3.46. The van der Waals surface area contributed by atoms with Crippen molar-refractivity contribution >= 4 is 11.9 Å². The van der Waals surface area contributed by atoms with E-state index >= 15 is 0 Å². The quantitative estimate of drug-likeness (QED) is 0.864. The summed E-state index contributed by atoms with van der Waals surface area (Å²) in [7, 11) is 1.54. The van der Waals surface area contributed by atoms with Crippen LogP contribution in [0, 0.1) is 0 Å².